The minimum absolute atomic E-state index is 0.174. The molecule has 3 rings (SSSR count). The van der Waals surface area contributed by atoms with Crippen LogP contribution in [0, 0.1) is 0 Å². The Morgan fingerprint density at radius 1 is 1.12 bits per heavy atom. The van der Waals surface area contributed by atoms with Crippen LogP contribution in [0.3, 0.4) is 0 Å². The molecule has 25 heavy (non-hydrogen) atoms. The monoisotopic (exact) mass is 348 g/mol. The van der Waals surface area contributed by atoms with Gasteiger partial charge in [-0.15, -0.1) is 13.2 Å². The van der Waals surface area contributed by atoms with Gasteiger partial charge in [-0.05, 0) is 41.3 Å². The Labute approximate surface area is 141 Å². The molecule has 0 unspecified atom stereocenters. The first kappa shape index (κ1) is 16.9. The molecule has 0 saturated carbocycles. The van der Waals surface area contributed by atoms with E-state index in [9.17, 15) is 18.0 Å². The minimum Gasteiger partial charge on any atom is -0.406 e. The Bertz CT molecular complexity index is 885. The summed E-state index contributed by atoms with van der Waals surface area (Å²) in [6.45, 7) is 0.272. The molecule has 0 aliphatic heterocycles. The van der Waals surface area contributed by atoms with E-state index in [0.29, 0.717) is 11.1 Å². The fourth-order valence-electron chi connectivity index (χ4n) is 2.54. The van der Waals surface area contributed by atoms with Crippen molar-refractivity contribution in [1.29, 1.82) is 0 Å². The summed E-state index contributed by atoms with van der Waals surface area (Å²) in [7, 11) is 1.64. The summed E-state index contributed by atoms with van der Waals surface area (Å²) in [4.78, 5) is 17.1. The third-order valence-corrected chi connectivity index (χ3v) is 3.73. The molecule has 1 aromatic heterocycles. The number of carbonyl (C=O) groups is 1. The van der Waals surface area contributed by atoms with Gasteiger partial charge in [0.05, 0.1) is 0 Å². The number of hydrogen-bond donors (Lipinski definition) is 1. The van der Waals surface area contributed by atoms with Gasteiger partial charge < -0.3 is 14.6 Å². The van der Waals surface area contributed by atoms with E-state index in [1.54, 1.807) is 25.4 Å². The van der Waals surface area contributed by atoms with E-state index in [1.165, 1.54) is 29.2 Å². The van der Waals surface area contributed by atoms with Crippen LogP contribution in [-0.2, 0) is 6.54 Å². The number of carbonyl (C=O) groups excluding carboxylic acids is 1. The van der Waals surface area contributed by atoms with E-state index in [1.807, 2.05) is 12.1 Å². The molecule has 0 fully saturated rings. The van der Waals surface area contributed by atoms with E-state index in [4.69, 9.17) is 0 Å². The fourth-order valence-corrected chi connectivity index (χ4v) is 2.54. The Morgan fingerprint density at radius 3 is 2.52 bits per heavy atom. The summed E-state index contributed by atoms with van der Waals surface area (Å²) in [5.41, 5.74) is 2.11. The van der Waals surface area contributed by atoms with Crippen molar-refractivity contribution in [3.63, 3.8) is 0 Å². The average Bonchev–Trinajstić information content (AvgIpc) is 3.02. The van der Waals surface area contributed by atoms with Crippen LogP contribution in [0.2, 0.25) is 0 Å². The lowest BCUT2D eigenvalue weighted by molar-refractivity contribution is -0.274. The molecule has 130 valence electrons. The molecular weight excluding hydrogens is 333 g/mol. The second-order valence-corrected chi connectivity index (χ2v) is 5.63. The van der Waals surface area contributed by atoms with Gasteiger partial charge >= 0.3 is 6.36 Å². The number of rotatable bonds is 4. The van der Waals surface area contributed by atoms with Gasteiger partial charge in [0.2, 0.25) is 0 Å². The lowest BCUT2D eigenvalue weighted by Gasteiger charge is -2.18. The zero-order valence-corrected chi connectivity index (χ0v) is 13.3. The van der Waals surface area contributed by atoms with Crippen molar-refractivity contribution in [2.24, 2.45) is 0 Å². The lowest BCUT2D eigenvalue weighted by atomic mass is 10.1. The molecule has 1 N–H and O–H groups in total. The number of hydrogen-bond acceptors (Lipinski definition) is 2. The molecule has 0 radical (unpaired) electrons. The molecule has 0 aliphatic rings. The first-order chi connectivity index (χ1) is 11.8. The van der Waals surface area contributed by atoms with E-state index in [-0.39, 0.29) is 18.2 Å². The summed E-state index contributed by atoms with van der Waals surface area (Å²) in [5, 5.41) is 1.01. The van der Waals surface area contributed by atoms with E-state index in [0.717, 1.165) is 10.9 Å². The van der Waals surface area contributed by atoms with Crippen molar-refractivity contribution in [2.45, 2.75) is 12.9 Å². The predicted octanol–water partition coefficient (Wildman–Crippen LogP) is 4.34. The second kappa shape index (κ2) is 6.51. The highest BCUT2D eigenvalue weighted by atomic mass is 19.4. The second-order valence-electron chi connectivity index (χ2n) is 5.63. The molecule has 2 aromatic carbocycles. The molecule has 3 aromatic rings. The maximum Gasteiger partial charge on any atom is 0.573 e. The molecular formula is C18H15F3N2O2. The van der Waals surface area contributed by atoms with Gasteiger partial charge in [0.1, 0.15) is 5.75 Å². The lowest BCUT2D eigenvalue weighted by Crippen LogP contribution is -2.26. The van der Waals surface area contributed by atoms with Crippen molar-refractivity contribution < 1.29 is 22.7 Å². The standard InChI is InChI=1S/C18H15F3N2O2/c1-23(11-12-2-6-15(7-3-12)25-18(19,20)21)17(24)14-5-4-13-8-9-22-16(13)10-14/h2-10,22H,11H2,1H3. The molecule has 1 heterocycles. The number of alkyl halides is 3. The number of amides is 1. The van der Waals surface area contributed by atoms with Crippen LogP contribution in [0.5, 0.6) is 5.75 Å². The number of aromatic amines is 1. The highest BCUT2D eigenvalue weighted by molar-refractivity contribution is 5.97. The van der Waals surface area contributed by atoms with Gasteiger partial charge in [-0.3, -0.25) is 4.79 Å². The third-order valence-electron chi connectivity index (χ3n) is 3.73. The predicted molar refractivity (Wildman–Crippen MR) is 87.2 cm³/mol. The molecule has 0 atom stereocenters. The third kappa shape index (κ3) is 4.12. The van der Waals surface area contributed by atoms with Gasteiger partial charge in [0.15, 0.2) is 0 Å². The van der Waals surface area contributed by atoms with Crippen molar-refractivity contribution >= 4 is 16.8 Å². The van der Waals surface area contributed by atoms with Crippen molar-refractivity contribution in [3.8, 4) is 5.75 Å². The summed E-state index contributed by atoms with van der Waals surface area (Å²) in [6.07, 6.45) is -2.92. The van der Waals surface area contributed by atoms with Crippen LogP contribution >= 0.6 is 0 Å². The van der Waals surface area contributed by atoms with Crippen LogP contribution in [0.4, 0.5) is 13.2 Å². The number of aromatic nitrogens is 1. The van der Waals surface area contributed by atoms with Crippen LogP contribution in [0.15, 0.2) is 54.7 Å². The van der Waals surface area contributed by atoms with Gasteiger partial charge in [0.25, 0.3) is 5.91 Å². The highest BCUT2D eigenvalue weighted by Crippen LogP contribution is 2.23. The van der Waals surface area contributed by atoms with Crippen molar-refractivity contribution in [1.82, 2.24) is 9.88 Å². The van der Waals surface area contributed by atoms with Gasteiger partial charge in [-0.1, -0.05) is 18.2 Å². The first-order valence-electron chi connectivity index (χ1n) is 7.49. The number of H-pyrrole nitrogens is 1. The van der Waals surface area contributed by atoms with Crippen LogP contribution in [0.25, 0.3) is 10.9 Å². The normalized spacial score (nSPS) is 11.5. The van der Waals surface area contributed by atoms with Gasteiger partial charge in [0, 0.05) is 30.9 Å². The van der Waals surface area contributed by atoms with Gasteiger partial charge in [-0.25, -0.2) is 0 Å². The largest absolute Gasteiger partial charge is 0.573 e. The molecule has 4 nitrogen and oxygen atoms in total. The summed E-state index contributed by atoms with van der Waals surface area (Å²) in [5.74, 6) is -0.463. The first-order valence-corrected chi connectivity index (χ1v) is 7.49. The topological polar surface area (TPSA) is 45.3 Å². The van der Waals surface area contributed by atoms with Crippen LogP contribution in [-0.4, -0.2) is 29.2 Å². The molecule has 0 spiro atoms. The average molecular weight is 348 g/mol. The zero-order chi connectivity index (χ0) is 18.0. The smallest absolute Gasteiger partial charge is 0.406 e. The number of benzene rings is 2. The van der Waals surface area contributed by atoms with E-state index >= 15 is 0 Å². The highest BCUT2D eigenvalue weighted by Gasteiger charge is 2.30. The summed E-state index contributed by atoms with van der Waals surface area (Å²) in [6, 6.07) is 12.7. The number of ether oxygens (including phenoxy) is 1. The Balaban J connectivity index is 1.68. The molecule has 0 saturated heterocycles. The maximum absolute atomic E-state index is 12.5. The van der Waals surface area contributed by atoms with E-state index < -0.39 is 6.36 Å². The van der Waals surface area contributed by atoms with E-state index in [2.05, 4.69) is 9.72 Å². The SMILES string of the molecule is CN(Cc1ccc(OC(F)(F)F)cc1)C(=O)c1ccc2cc[nH]c2c1. The number of nitrogens with zero attached hydrogens (tertiary/aromatic N) is 1. The quantitative estimate of drug-likeness (QED) is 0.762. The van der Waals surface area contributed by atoms with Gasteiger partial charge in [-0.2, -0.15) is 0 Å². The Hall–Kier alpha value is -2.96. The number of halogens is 3. The maximum atomic E-state index is 12.5. The summed E-state index contributed by atoms with van der Waals surface area (Å²) < 4.78 is 40.3. The van der Waals surface area contributed by atoms with Crippen LogP contribution < -0.4 is 4.74 Å². The molecule has 0 aliphatic carbocycles. The molecule has 0 bridgehead atoms. The number of fused-ring (bicyclic) bond motifs is 1. The fraction of sp³-hybridized carbons (Fsp3) is 0.167. The molecule has 1 amide bonds. The zero-order valence-electron chi connectivity index (χ0n) is 13.3. The number of nitrogens with one attached hydrogen (secondary N) is 1. The Kier molecular flexibility index (Phi) is 4.39. The molecule has 7 heteroatoms. The van der Waals surface area contributed by atoms with Crippen LogP contribution in [0.1, 0.15) is 15.9 Å². The van der Waals surface area contributed by atoms with Crippen molar-refractivity contribution in [2.75, 3.05) is 7.05 Å². The Morgan fingerprint density at radius 2 is 1.84 bits per heavy atom. The minimum atomic E-state index is -4.72. The van der Waals surface area contributed by atoms with Crippen molar-refractivity contribution in [3.05, 3.63) is 65.9 Å². The summed E-state index contributed by atoms with van der Waals surface area (Å²) >= 11 is 0.